The summed E-state index contributed by atoms with van der Waals surface area (Å²) in [6, 6.07) is 5.42. The Morgan fingerprint density at radius 1 is 1.22 bits per heavy atom. The standard InChI is InChI=1S/C21H36N4O2/c1-5-22-20(24-16-21(2,3)25-13-7-6-8-14-25)23-12-11-17-9-10-18(27-4)15-19(17)26/h9-10,15,26H,5-8,11-14,16H2,1-4H3,(H2,22,23,24). The molecule has 0 saturated carbocycles. The Bertz CT molecular complexity index is 610. The van der Waals surface area contributed by atoms with Crippen molar-refractivity contribution in [2.45, 2.75) is 52.0 Å². The van der Waals surface area contributed by atoms with Gasteiger partial charge in [0.2, 0.25) is 0 Å². The van der Waals surface area contributed by atoms with Gasteiger partial charge in [0.15, 0.2) is 5.96 Å². The van der Waals surface area contributed by atoms with E-state index in [-0.39, 0.29) is 11.3 Å². The molecule has 2 rings (SSSR count). The molecule has 3 N–H and O–H groups in total. The summed E-state index contributed by atoms with van der Waals surface area (Å²) in [6.45, 7) is 11.3. The minimum absolute atomic E-state index is 0.0665. The summed E-state index contributed by atoms with van der Waals surface area (Å²) in [7, 11) is 1.60. The smallest absolute Gasteiger partial charge is 0.191 e. The van der Waals surface area contributed by atoms with Crippen LogP contribution in [0.4, 0.5) is 0 Å². The van der Waals surface area contributed by atoms with E-state index in [0.29, 0.717) is 12.3 Å². The number of ether oxygens (including phenoxy) is 1. The predicted molar refractivity (Wildman–Crippen MR) is 112 cm³/mol. The van der Waals surface area contributed by atoms with Crippen molar-refractivity contribution in [1.29, 1.82) is 0 Å². The Balaban J connectivity index is 1.89. The van der Waals surface area contributed by atoms with Crippen molar-refractivity contribution >= 4 is 5.96 Å². The maximum Gasteiger partial charge on any atom is 0.191 e. The number of phenols is 1. The molecular formula is C21H36N4O2. The highest BCUT2D eigenvalue weighted by Crippen LogP contribution is 2.23. The lowest BCUT2D eigenvalue weighted by atomic mass is 9.99. The lowest BCUT2D eigenvalue weighted by Crippen LogP contribution is -2.49. The van der Waals surface area contributed by atoms with Gasteiger partial charge >= 0.3 is 0 Å². The van der Waals surface area contributed by atoms with E-state index in [1.165, 1.54) is 32.4 Å². The third-order valence-electron chi connectivity index (χ3n) is 5.16. The molecule has 0 amide bonds. The van der Waals surface area contributed by atoms with Crippen molar-refractivity contribution in [2.24, 2.45) is 4.99 Å². The second-order valence-electron chi connectivity index (χ2n) is 7.73. The van der Waals surface area contributed by atoms with Gasteiger partial charge in [-0.25, -0.2) is 0 Å². The average molecular weight is 377 g/mol. The van der Waals surface area contributed by atoms with Crippen molar-refractivity contribution in [2.75, 3.05) is 39.8 Å². The van der Waals surface area contributed by atoms with Gasteiger partial charge in [-0.1, -0.05) is 12.5 Å². The number of benzene rings is 1. The van der Waals surface area contributed by atoms with Gasteiger partial charge in [0.05, 0.1) is 13.7 Å². The Kier molecular flexibility index (Phi) is 8.23. The molecule has 1 fully saturated rings. The van der Waals surface area contributed by atoms with E-state index >= 15 is 0 Å². The van der Waals surface area contributed by atoms with E-state index in [1.54, 1.807) is 13.2 Å². The number of methoxy groups -OCH3 is 1. The zero-order valence-corrected chi connectivity index (χ0v) is 17.3. The van der Waals surface area contributed by atoms with E-state index in [2.05, 4.69) is 36.3 Å². The Hall–Kier alpha value is -1.95. The van der Waals surface area contributed by atoms with Crippen LogP contribution in [0.5, 0.6) is 11.5 Å². The number of hydrogen-bond acceptors (Lipinski definition) is 4. The number of hydrogen-bond donors (Lipinski definition) is 3. The minimum Gasteiger partial charge on any atom is -0.508 e. The molecule has 0 radical (unpaired) electrons. The molecule has 0 bridgehead atoms. The number of nitrogens with zero attached hydrogens (tertiary/aromatic N) is 2. The SMILES string of the molecule is CCNC(=NCC(C)(C)N1CCCCC1)NCCc1ccc(OC)cc1O. The highest BCUT2D eigenvalue weighted by atomic mass is 16.5. The zero-order valence-electron chi connectivity index (χ0n) is 17.3. The number of rotatable bonds is 8. The van der Waals surface area contributed by atoms with Crippen molar-refractivity contribution in [3.05, 3.63) is 23.8 Å². The lowest BCUT2D eigenvalue weighted by molar-refractivity contribution is 0.102. The molecule has 0 aromatic heterocycles. The number of likely N-dealkylation sites (tertiary alicyclic amines) is 1. The lowest BCUT2D eigenvalue weighted by Gasteiger charge is -2.40. The van der Waals surface area contributed by atoms with Crippen molar-refractivity contribution < 1.29 is 9.84 Å². The average Bonchev–Trinajstić information content (AvgIpc) is 2.68. The van der Waals surface area contributed by atoms with E-state index in [0.717, 1.165) is 31.0 Å². The number of nitrogens with one attached hydrogen (secondary N) is 2. The van der Waals surface area contributed by atoms with Crippen LogP contribution >= 0.6 is 0 Å². The molecule has 0 spiro atoms. The predicted octanol–water partition coefficient (Wildman–Crippen LogP) is 2.76. The zero-order chi connectivity index (χ0) is 19.7. The van der Waals surface area contributed by atoms with Crippen molar-refractivity contribution in [3.63, 3.8) is 0 Å². The highest BCUT2D eigenvalue weighted by Gasteiger charge is 2.27. The van der Waals surface area contributed by atoms with E-state index in [1.807, 2.05) is 12.1 Å². The third kappa shape index (κ3) is 6.61. The van der Waals surface area contributed by atoms with Crippen LogP contribution in [0.1, 0.15) is 45.6 Å². The first-order chi connectivity index (χ1) is 13.0. The largest absolute Gasteiger partial charge is 0.508 e. The number of piperidine rings is 1. The molecule has 1 aliphatic heterocycles. The molecule has 0 aliphatic carbocycles. The number of aromatic hydroxyl groups is 1. The molecular weight excluding hydrogens is 340 g/mol. The van der Waals surface area contributed by atoms with Gasteiger partial charge in [0.25, 0.3) is 0 Å². The van der Waals surface area contributed by atoms with Gasteiger partial charge in [-0.15, -0.1) is 0 Å². The maximum absolute atomic E-state index is 10.1. The summed E-state index contributed by atoms with van der Waals surface area (Å²) in [4.78, 5) is 7.37. The Morgan fingerprint density at radius 3 is 2.59 bits per heavy atom. The quantitative estimate of drug-likeness (QED) is 0.481. The number of phenolic OH excluding ortho intramolecular Hbond substituents is 1. The summed E-state index contributed by atoms with van der Waals surface area (Å²) in [5.74, 6) is 1.76. The van der Waals surface area contributed by atoms with Crippen LogP contribution in [0.3, 0.4) is 0 Å². The summed E-state index contributed by atoms with van der Waals surface area (Å²) >= 11 is 0. The second kappa shape index (κ2) is 10.4. The fraction of sp³-hybridized carbons (Fsp3) is 0.667. The molecule has 1 aliphatic rings. The first-order valence-electron chi connectivity index (χ1n) is 10.1. The summed E-state index contributed by atoms with van der Waals surface area (Å²) in [6.07, 6.45) is 4.64. The number of guanidine groups is 1. The first-order valence-corrected chi connectivity index (χ1v) is 10.1. The van der Waals surface area contributed by atoms with Crippen LogP contribution in [0.2, 0.25) is 0 Å². The van der Waals surface area contributed by atoms with Gasteiger partial charge in [-0.3, -0.25) is 9.89 Å². The molecule has 1 aromatic rings. The summed E-state index contributed by atoms with van der Waals surface area (Å²) in [5, 5.41) is 16.8. The molecule has 27 heavy (non-hydrogen) atoms. The number of aliphatic imine (C=N–C) groups is 1. The molecule has 0 unspecified atom stereocenters. The van der Waals surface area contributed by atoms with Crippen LogP contribution < -0.4 is 15.4 Å². The molecule has 152 valence electrons. The second-order valence-corrected chi connectivity index (χ2v) is 7.73. The molecule has 6 heteroatoms. The van der Waals surface area contributed by atoms with Crippen molar-refractivity contribution in [1.82, 2.24) is 15.5 Å². The van der Waals surface area contributed by atoms with Crippen LogP contribution in [-0.4, -0.2) is 61.3 Å². The third-order valence-corrected chi connectivity index (χ3v) is 5.16. The topological polar surface area (TPSA) is 69.1 Å². The van der Waals surface area contributed by atoms with Gasteiger partial charge in [-0.05, 0) is 64.8 Å². The van der Waals surface area contributed by atoms with Gasteiger partial charge < -0.3 is 20.5 Å². The first kappa shape index (κ1) is 21.4. The Labute approximate surface area is 164 Å². The maximum atomic E-state index is 10.1. The Morgan fingerprint density at radius 2 is 1.96 bits per heavy atom. The van der Waals surface area contributed by atoms with Crippen LogP contribution in [0.15, 0.2) is 23.2 Å². The van der Waals surface area contributed by atoms with E-state index in [9.17, 15) is 5.11 Å². The van der Waals surface area contributed by atoms with E-state index in [4.69, 9.17) is 9.73 Å². The monoisotopic (exact) mass is 376 g/mol. The molecule has 6 nitrogen and oxygen atoms in total. The van der Waals surface area contributed by atoms with Crippen LogP contribution in [0.25, 0.3) is 0 Å². The van der Waals surface area contributed by atoms with Gasteiger partial charge in [0.1, 0.15) is 11.5 Å². The summed E-state index contributed by atoms with van der Waals surface area (Å²) < 4.78 is 5.13. The minimum atomic E-state index is 0.0665. The summed E-state index contributed by atoms with van der Waals surface area (Å²) in [5.41, 5.74) is 0.963. The van der Waals surface area contributed by atoms with E-state index < -0.39 is 0 Å². The molecule has 1 aromatic carbocycles. The van der Waals surface area contributed by atoms with Gasteiger partial charge in [-0.2, -0.15) is 0 Å². The van der Waals surface area contributed by atoms with Crippen LogP contribution in [0, 0.1) is 0 Å². The van der Waals surface area contributed by atoms with Crippen LogP contribution in [-0.2, 0) is 6.42 Å². The molecule has 0 atom stereocenters. The highest BCUT2D eigenvalue weighted by molar-refractivity contribution is 5.79. The molecule has 1 heterocycles. The fourth-order valence-electron chi connectivity index (χ4n) is 3.41. The fourth-order valence-corrected chi connectivity index (χ4v) is 3.41. The van der Waals surface area contributed by atoms with Crippen molar-refractivity contribution in [3.8, 4) is 11.5 Å². The molecule has 1 saturated heterocycles. The normalized spacial score (nSPS) is 16.2. The van der Waals surface area contributed by atoms with Gasteiger partial charge in [0, 0.05) is 24.7 Å².